The van der Waals surface area contributed by atoms with E-state index in [9.17, 15) is 4.79 Å². The summed E-state index contributed by atoms with van der Waals surface area (Å²) in [5, 5.41) is 10.8. The first-order valence-corrected chi connectivity index (χ1v) is 6.72. The first-order chi connectivity index (χ1) is 10.7. The van der Waals surface area contributed by atoms with Crippen molar-refractivity contribution in [1.82, 2.24) is 19.9 Å². The number of nitrogen functional groups attached to an aromatic ring is 1. The highest BCUT2D eigenvalue weighted by Gasteiger charge is 2.12. The summed E-state index contributed by atoms with van der Waals surface area (Å²) in [6.07, 6.45) is 1.84. The van der Waals surface area contributed by atoms with Crippen molar-refractivity contribution < 1.29 is 9.53 Å². The van der Waals surface area contributed by atoms with Gasteiger partial charge in [-0.1, -0.05) is 0 Å². The Morgan fingerprint density at radius 3 is 2.77 bits per heavy atom. The maximum absolute atomic E-state index is 11.3. The summed E-state index contributed by atoms with van der Waals surface area (Å²) in [4.78, 5) is 11.3. The molecular formula is C15H15N5O2. The summed E-state index contributed by atoms with van der Waals surface area (Å²) in [5.74, 6) is 0.973. The second kappa shape index (κ2) is 5.72. The molecule has 2 heterocycles. The molecule has 0 bridgehead atoms. The van der Waals surface area contributed by atoms with Gasteiger partial charge < -0.3 is 15.8 Å². The van der Waals surface area contributed by atoms with Gasteiger partial charge in [-0.15, -0.1) is 10.2 Å². The number of benzene rings is 1. The zero-order valence-electron chi connectivity index (χ0n) is 12.0. The topological polar surface area (TPSA) is 94.5 Å². The van der Waals surface area contributed by atoms with Crippen molar-refractivity contribution >= 4 is 17.2 Å². The lowest BCUT2D eigenvalue weighted by atomic mass is 10.2. The van der Waals surface area contributed by atoms with Crippen LogP contribution in [0.2, 0.25) is 0 Å². The van der Waals surface area contributed by atoms with Gasteiger partial charge in [0.15, 0.2) is 18.2 Å². The van der Waals surface area contributed by atoms with E-state index in [1.807, 2.05) is 40.9 Å². The Labute approximate surface area is 126 Å². The molecule has 3 aromatic rings. The smallest absolute Gasteiger partial charge is 0.257 e. The lowest BCUT2D eigenvalue weighted by molar-refractivity contribution is -0.122. The molecule has 2 aromatic heterocycles. The number of pyridine rings is 1. The highest BCUT2D eigenvalue weighted by Crippen LogP contribution is 2.24. The Bertz CT molecular complexity index is 810. The van der Waals surface area contributed by atoms with Crippen molar-refractivity contribution in [2.45, 2.75) is 0 Å². The number of likely N-dealkylation sites (N-methyl/N-ethyl adjacent to an activating group) is 1. The van der Waals surface area contributed by atoms with Gasteiger partial charge in [-0.05, 0) is 36.4 Å². The number of hydrogen-bond donors (Lipinski definition) is 2. The third-order valence-electron chi connectivity index (χ3n) is 3.21. The predicted molar refractivity (Wildman–Crippen MR) is 82.4 cm³/mol. The van der Waals surface area contributed by atoms with Crippen LogP contribution in [0.5, 0.6) is 5.75 Å². The standard InChI is InChI=1S/C15H15N5O2/c1-17-13(21)9-22-12-3-2-8-20-14(18-19-15(12)20)10-4-6-11(16)7-5-10/h2-8H,9,16H2,1H3,(H,17,21). The molecule has 1 amide bonds. The van der Waals surface area contributed by atoms with Crippen molar-refractivity contribution in [3.8, 4) is 17.1 Å². The summed E-state index contributed by atoms with van der Waals surface area (Å²) in [6.45, 7) is -0.0692. The summed E-state index contributed by atoms with van der Waals surface area (Å²) in [6, 6.07) is 10.9. The predicted octanol–water partition coefficient (Wildman–Crippen LogP) is 1.10. The van der Waals surface area contributed by atoms with Crippen molar-refractivity contribution in [3.63, 3.8) is 0 Å². The average molecular weight is 297 g/mol. The number of carbonyl (C=O) groups is 1. The Morgan fingerprint density at radius 1 is 1.27 bits per heavy atom. The van der Waals surface area contributed by atoms with E-state index in [0.29, 0.717) is 22.9 Å². The van der Waals surface area contributed by atoms with Crippen LogP contribution in [0.3, 0.4) is 0 Å². The molecule has 112 valence electrons. The number of rotatable bonds is 4. The average Bonchev–Trinajstić information content (AvgIpc) is 2.98. The van der Waals surface area contributed by atoms with Gasteiger partial charge in [0.05, 0.1) is 0 Å². The molecule has 0 fully saturated rings. The van der Waals surface area contributed by atoms with Crippen LogP contribution in [0.25, 0.3) is 17.0 Å². The number of hydrogen-bond acceptors (Lipinski definition) is 5. The first-order valence-electron chi connectivity index (χ1n) is 6.72. The number of carbonyl (C=O) groups excluding carboxylic acids is 1. The first kappa shape index (κ1) is 13.9. The molecule has 0 spiro atoms. The number of nitrogens with two attached hydrogens (primary N) is 1. The number of nitrogens with one attached hydrogen (secondary N) is 1. The highest BCUT2D eigenvalue weighted by molar-refractivity contribution is 5.77. The van der Waals surface area contributed by atoms with Crippen molar-refractivity contribution in [2.24, 2.45) is 0 Å². The van der Waals surface area contributed by atoms with Gasteiger partial charge in [-0.2, -0.15) is 0 Å². The molecule has 3 rings (SSSR count). The number of amides is 1. The second-order valence-electron chi connectivity index (χ2n) is 4.67. The van der Waals surface area contributed by atoms with Crippen molar-refractivity contribution in [1.29, 1.82) is 0 Å². The third-order valence-corrected chi connectivity index (χ3v) is 3.21. The zero-order chi connectivity index (χ0) is 15.5. The molecule has 0 saturated carbocycles. The molecule has 0 aliphatic carbocycles. The van der Waals surface area contributed by atoms with Gasteiger partial charge in [0.1, 0.15) is 0 Å². The van der Waals surface area contributed by atoms with Crippen LogP contribution >= 0.6 is 0 Å². The minimum Gasteiger partial charge on any atom is -0.480 e. The Morgan fingerprint density at radius 2 is 2.05 bits per heavy atom. The minimum absolute atomic E-state index is 0.0692. The van der Waals surface area contributed by atoms with Gasteiger partial charge in [0.25, 0.3) is 5.91 Å². The fourth-order valence-electron chi connectivity index (χ4n) is 2.05. The van der Waals surface area contributed by atoms with Gasteiger partial charge in [-0.25, -0.2) is 0 Å². The van der Waals surface area contributed by atoms with Gasteiger partial charge >= 0.3 is 0 Å². The normalized spacial score (nSPS) is 10.6. The molecule has 1 aromatic carbocycles. The van der Waals surface area contributed by atoms with Crippen LogP contribution < -0.4 is 15.8 Å². The zero-order valence-corrected chi connectivity index (χ0v) is 12.0. The van der Waals surface area contributed by atoms with Gasteiger partial charge in [0, 0.05) is 24.5 Å². The molecule has 3 N–H and O–H groups in total. The van der Waals surface area contributed by atoms with E-state index in [-0.39, 0.29) is 12.5 Å². The number of anilines is 1. The summed E-state index contributed by atoms with van der Waals surface area (Å²) in [5.41, 5.74) is 7.83. The lowest BCUT2D eigenvalue weighted by Crippen LogP contribution is -2.24. The SMILES string of the molecule is CNC(=O)COc1cccn2c(-c3ccc(N)cc3)nnc12. The van der Waals surface area contributed by atoms with E-state index >= 15 is 0 Å². The van der Waals surface area contributed by atoms with Gasteiger partial charge in [0.2, 0.25) is 5.65 Å². The van der Waals surface area contributed by atoms with E-state index in [1.54, 1.807) is 13.1 Å². The molecule has 0 radical (unpaired) electrons. The third kappa shape index (κ3) is 2.56. The summed E-state index contributed by atoms with van der Waals surface area (Å²) in [7, 11) is 1.56. The highest BCUT2D eigenvalue weighted by atomic mass is 16.5. The van der Waals surface area contributed by atoms with E-state index in [1.165, 1.54) is 0 Å². The minimum atomic E-state index is -0.208. The molecule has 0 aliphatic heterocycles. The van der Waals surface area contributed by atoms with Crippen LogP contribution in [0.1, 0.15) is 0 Å². The fourth-order valence-corrected chi connectivity index (χ4v) is 2.05. The lowest BCUT2D eigenvalue weighted by Gasteiger charge is -2.06. The maximum Gasteiger partial charge on any atom is 0.257 e. The van der Waals surface area contributed by atoms with Gasteiger partial charge in [-0.3, -0.25) is 9.20 Å². The summed E-state index contributed by atoms with van der Waals surface area (Å²) >= 11 is 0. The number of aromatic nitrogens is 3. The Balaban J connectivity index is 1.98. The largest absolute Gasteiger partial charge is 0.480 e. The van der Waals surface area contributed by atoms with E-state index in [0.717, 1.165) is 5.56 Å². The molecule has 7 nitrogen and oxygen atoms in total. The van der Waals surface area contributed by atoms with Crippen LogP contribution in [0.15, 0.2) is 42.6 Å². The molecule has 0 saturated heterocycles. The van der Waals surface area contributed by atoms with E-state index in [2.05, 4.69) is 15.5 Å². The number of nitrogens with zero attached hydrogens (tertiary/aromatic N) is 3. The van der Waals surface area contributed by atoms with Crippen molar-refractivity contribution in [3.05, 3.63) is 42.6 Å². The van der Waals surface area contributed by atoms with Crippen LogP contribution in [0.4, 0.5) is 5.69 Å². The quantitative estimate of drug-likeness (QED) is 0.703. The number of fused-ring (bicyclic) bond motifs is 1. The summed E-state index contributed by atoms with van der Waals surface area (Å²) < 4.78 is 7.30. The van der Waals surface area contributed by atoms with Crippen LogP contribution in [0, 0.1) is 0 Å². The Kier molecular flexibility index (Phi) is 3.61. The van der Waals surface area contributed by atoms with E-state index in [4.69, 9.17) is 10.5 Å². The van der Waals surface area contributed by atoms with Crippen molar-refractivity contribution in [2.75, 3.05) is 19.4 Å². The number of ether oxygens (including phenoxy) is 1. The molecule has 0 unspecified atom stereocenters. The van der Waals surface area contributed by atoms with E-state index < -0.39 is 0 Å². The maximum atomic E-state index is 11.3. The Hall–Kier alpha value is -3.09. The molecule has 7 heteroatoms. The fraction of sp³-hybridized carbons (Fsp3) is 0.133. The molecule has 0 atom stereocenters. The molecule has 0 aliphatic rings. The second-order valence-corrected chi connectivity index (χ2v) is 4.67. The molecule has 22 heavy (non-hydrogen) atoms. The molecular weight excluding hydrogens is 282 g/mol. The van der Waals surface area contributed by atoms with Crippen LogP contribution in [-0.2, 0) is 4.79 Å². The van der Waals surface area contributed by atoms with Crippen LogP contribution in [-0.4, -0.2) is 34.2 Å². The monoisotopic (exact) mass is 297 g/mol.